The van der Waals surface area contributed by atoms with Crippen molar-refractivity contribution in [3.63, 3.8) is 0 Å². The van der Waals surface area contributed by atoms with Crippen LogP contribution in [0, 0.1) is 11.8 Å². The van der Waals surface area contributed by atoms with E-state index < -0.39 is 0 Å². The Balaban J connectivity index is 2.34. The van der Waals surface area contributed by atoms with Crippen molar-refractivity contribution >= 4 is 23.1 Å². The van der Waals surface area contributed by atoms with E-state index in [0.717, 1.165) is 12.4 Å². The highest BCUT2D eigenvalue weighted by Crippen LogP contribution is 2.33. The van der Waals surface area contributed by atoms with Gasteiger partial charge in [-0.15, -0.1) is 0 Å². The van der Waals surface area contributed by atoms with E-state index in [1.54, 1.807) is 6.20 Å². The van der Waals surface area contributed by atoms with Gasteiger partial charge in [-0.1, -0.05) is 13.8 Å². The number of rotatable bonds is 1. The van der Waals surface area contributed by atoms with Crippen molar-refractivity contribution in [3.05, 3.63) is 11.5 Å². The summed E-state index contributed by atoms with van der Waals surface area (Å²) in [6.07, 6.45) is 2.83. The molecule has 0 aromatic carbocycles. The molecule has 3 unspecified atom stereocenters. The molecule has 0 radical (unpaired) electrons. The third-order valence-electron chi connectivity index (χ3n) is 3.64. The van der Waals surface area contributed by atoms with Gasteiger partial charge in [0.05, 0.1) is 11.9 Å². The van der Waals surface area contributed by atoms with Gasteiger partial charge in [-0.05, 0) is 36.8 Å². The van der Waals surface area contributed by atoms with E-state index in [4.69, 9.17) is 17.3 Å². The lowest BCUT2D eigenvalue weighted by Crippen LogP contribution is -2.46. The SMILES string of the molecule is CC1CC(C)C(C)N(c2nc(Cl)ncc2N)C1. The Morgan fingerprint density at radius 3 is 2.82 bits per heavy atom. The summed E-state index contributed by atoms with van der Waals surface area (Å²) < 4.78 is 0. The molecule has 2 N–H and O–H groups in total. The van der Waals surface area contributed by atoms with Crippen molar-refractivity contribution in [2.45, 2.75) is 33.2 Å². The monoisotopic (exact) mass is 254 g/mol. The number of halogens is 1. The zero-order valence-corrected chi connectivity index (χ0v) is 11.3. The van der Waals surface area contributed by atoms with Crippen LogP contribution in [-0.2, 0) is 0 Å². The number of anilines is 2. The van der Waals surface area contributed by atoms with Crippen molar-refractivity contribution < 1.29 is 0 Å². The molecule has 0 saturated carbocycles. The van der Waals surface area contributed by atoms with Crippen LogP contribution in [0.2, 0.25) is 5.28 Å². The third kappa shape index (κ3) is 2.46. The molecule has 0 aliphatic carbocycles. The molecule has 1 aromatic rings. The topological polar surface area (TPSA) is 55.0 Å². The fraction of sp³-hybridized carbons (Fsp3) is 0.667. The summed E-state index contributed by atoms with van der Waals surface area (Å²) in [5.41, 5.74) is 6.55. The van der Waals surface area contributed by atoms with Crippen molar-refractivity contribution in [2.75, 3.05) is 17.2 Å². The standard InChI is InChI=1S/C12H19ClN4/c1-7-4-8(2)9(3)17(6-7)11-10(14)5-15-12(13)16-11/h5,7-9H,4,6,14H2,1-3H3. The van der Waals surface area contributed by atoms with Gasteiger partial charge in [-0.3, -0.25) is 0 Å². The van der Waals surface area contributed by atoms with E-state index in [-0.39, 0.29) is 5.28 Å². The second-order valence-corrected chi connectivity index (χ2v) is 5.47. The molecule has 2 heterocycles. The summed E-state index contributed by atoms with van der Waals surface area (Å²) in [5.74, 6) is 2.05. The summed E-state index contributed by atoms with van der Waals surface area (Å²) in [5, 5.41) is 0.257. The lowest BCUT2D eigenvalue weighted by atomic mass is 9.86. The summed E-state index contributed by atoms with van der Waals surface area (Å²) >= 11 is 5.85. The normalized spacial score (nSPS) is 29.4. The average molecular weight is 255 g/mol. The molecular formula is C12H19ClN4. The maximum Gasteiger partial charge on any atom is 0.224 e. The number of nitrogens with zero attached hydrogens (tertiary/aromatic N) is 3. The maximum absolute atomic E-state index is 5.95. The lowest BCUT2D eigenvalue weighted by molar-refractivity contribution is 0.295. The molecule has 0 amide bonds. The number of hydrogen-bond donors (Lipinski definition) is 1. The third-order valence-corrected chi connectivity index (χ3v) is 3.82. The Hall–Kier alpha value is -1.03. The van der Waals surface area contributed by atoms with E-state index in [1.165, 1.54) is 6.42 Å². The predicted octanol–water partition coefficient (Wildman–Crippen LogP) is 2.58. The van der Waals surface area contributed by atoms with Gasteiger partial charge in [0.1, 0.15) is 0 Å². The fourth-order valence-corrected chi connectivity index (χ4v) is 2.71. The Kier molecular flexibility index (Phi) is 3.43. The maximum atomic E-state index is 5.95. The minimum Gasteiger partial charge on any atom is -0.394 e. The first-order valence-corrected chi connectivity index (χ1v) is 6.41. The van der Waals surface area contributed by atoms with Crippen LogP contribution >= 0.6 is 11.6 Å². The quantitative estimate of drug-likeness (QED) is 0.783. The van der Waals surface area contributed by atoms with Crippen LogP contribution in [-0.4, -0.2) is 22.6 Å². The number of nitrogen functional groups attached to an aromatic ring is 1. The summed E-state index contributed by atoms with van der Waals surface area (Å²) in [6.45, 7) is 7.72. The van der Waals surface area contributed by atoms with Gasteiger partial charge in [0.25, 0.3) is 0 Å². The van der Waals surface area contributed by atoms with Crippen LogP contribution in [0.3, 0.4) is 0 Å². The van der Waals surface area contributed by atoms with Crippen LogP contribution in [0.4, 0.5) is 11.5 Å². The van der Waals surface area contributed by atoms with Crippen molar-refractivity contribution in [1.29, 1.82) is 0 Å². The van der Waals surface area contributed by atoms with Crippen LogP contribution in [0.5, 0.6) is 0 Å². The van der Waals surface area contributed by atoms with Crippen molar-refractivity contribution in [3.8, 4) is 0 Å². The highest BCUT2D eigenvalue weighted by Gasteiger charge is 2.30. The van der Waals surface area contributed by atoms with Crippen molar-refractivity contribution in [1.82, 2.24) is 9.97 Å². The Morgan fingerprint density at radius 2 is 2.12 bits per heavy atom. The molecule has 17 heavy (non-hydrogen) atoms. The molecule has 1 aliphatic rings. The molecule has 1 aromatic heterocycles. The number of aromatic nitrogens is 2. The molecule has 0 bridgehead atoms. The number of piperidine rings is 1. The number of hydrogen-bond acceptors (Lipinski definition) is 4. The van der Waals surface area contributed by atoms with Gasteiger partial charge < -0.3 is 10.6 Å². The molecule has 2 rings (SSSR count). The van der Waals surface area contributed by atoms with E-state index in [2.05, 4.69) is 35.6 Å². The van der Waals surface area contributed by atoms with Crippen molar-refractivity contribution in [2.24, 2.45) is 11.8 Å². The van der Waals surface area contributed by atoms with E-state index in [0.29, 0.717) is 23.6 Å². The Bertz CT molecular complexity index is 409. The smallest absolute Gasteiger partial charge is 0.224 e. The molecule has 1 fully saturated rings. The van der Waals surface area contributed by atoms with Gasteiger partial charge in [-0.2, -0.15) is 4.98 Å². The van der Waals surface area contributed by atoms with E-state index in [1.807, 2.05) is 0 Å². The second-order valence-electron chi connectivity index (χ2n) is 5.13. The van der Waals surface area contributed by atoms with E-state index >= 15 is 0 Å². The largest absolute Gasteiger partial charge is 0.394 e. The van der Waals surface area contributed by atoms with Crippen LogP contribution in [0.25, 0.3) is 0 Å². The molecule has 1 saturated heterocycles. The van der Waals surface area contributed by atoms with Gasteiger partial charge in [-0.25, -0.2) is 4.98 Å². The van der Waals surface area contributed by atoms with Crippen LogP contribution < -0.4 is 10.6 Å². The first kappa shape index (κ1) is 12.4. The van der Waals surface area contributed by atoms with Crippen LogP contribution in [0.1, 0.15) is 27.2 Å². The first-order chi connectivity index (χ1) is 7.99. The average Bonchev–Trinajstić information content (AvgIpc) is 2.27. The summed E-state index contributed by atoms with van der Waals surface area (Å²) in [6, 6.07) is 0.430. The van der Waals surface area contributed by atoms with Gasteiger partial charge in [0, 0.05) is 12.6 Å². The molecule has 1 aliphatic heterocycles. The lowest BCUT2D eigenvalue weighted by Gasteiger charge is -2.42. The number of nitrogens with two attached hydrogens (primary N) is 1. The fourth-order valence-electron chi connectivity index (χ4n) is 2.59. The predicted molar refractivity (Wildman–Crippen MR) is 71.2 cm³/mol. The molecule has 0 spiro atoms. The minimum atomic E-state index is 0.257. The molecule has 3 atom stereocenters. The second kappa shape index (κ2) is 4.69. The van der Waals surface area contributed by atoms with Gasteiger partial charge >= 0.3 is 0 Å². The van der Waals surface area contributed by atoms with Gasteiger partial charge in [0.15, 0.2) is 5.82 Å². The molecule has 4 nitrogen and oxygen atoms in total. The van der Waals surface area contributed by atoms with Gasteiger partial charge in [0.2, 0.25) is 5.28 Å². The Labute approximate surface area is 107 Å². The first-order valence-electron chi connectivity index (χ1n) is 6.03. The summed E-state index contributed by atoms with van der Waals surface area (Å²) in [4.78, 5) is 10.4. The highest BCUT2D eigenvalue weighted by molar-refractivity contribution is 6.28. The Morgan fingerprint density at radius 1 is 1.41 bits per heavy atom. The zero-order chi connectivity index (χ0) is 12.6. The van der Waals surface area contributed by atoms with Crippen LogP contribution in [0.15, 0.2) is 6.20 Å². The minimum absolute atomic E-state index is 0.257. The molecular weight excluding hydrogens is 236 g/mol. The zero-order valence-electron chi connectivity index (χ0n) is 10.5. The summed E-state index contributed by atoms with van der Waals surface area (Å²) in [7, 11) is 0. The molecule has 94 valence electrons. The van der Waals surface area contributed by atoms with E-state index in [9.17, 15) is 0 Å². The highest BCUT2D eigenvalue weighted by atomic mass is 35.5. The molecule has 5 heteroatoms.